The highest BCUT2D eigenvalue weighted by Gasteiger charge is 2.46. The van der Waals surface area contributed by atoms with Crippen LogP contribution in [0.4, 0.5) is 0 Å². The van der Waals surface area contributed by atoms with Crippen molar-refractivity contribution in [2.75, 3.05) is 27.7 Å². The molecule has 0 N–H and O–H groups in total. The van der Waals surface area contributed by atoms with Crippen LogP contribution >= 0.6 is 0 Å². The highest BCUT2D eigenvalue weighted by atomic mass is 127. The summed E-state index contributed by atoms with van der Waals surface area (Å²) in [7, 11) is 6.93. The number of hydrogen-bond acceptors (Lipinski definition) is 1. The van der Waals surface area contributed by atoms with Crippen molar-refractivity contribution in [2.45, 2.75) is 77.4 Å². The maximum absolute atomic E-state index is 6.80. The number of quaternary nitrogens is 1. The molecule has 1 aliphatic heterocycles. The van der Waals surface area contributed by atoms with E-state index in [9.17, 15) is 0 Å². The van der Waals surface area contributed by atoms with Crippen LogP contribution < -0.4 is 24.0 Å². The number of fused-ring (bicyclic) bond motifs is 2. The number of halogens is 1. The maximum atomic E-state index is 6.80. The van der Waals surface area contributed by atoms with Crippen molar-refractivity contribution in [1.82, 2.24) is 0 Å². The van der Waals surface area contributed by atoms with Crippen LogP contribution in [0.5, 0.6) is 0 Å². The van der Waals surface area contributed by atoms with Gasteiger partial charge in [0.15, 0.2) is 0 Å². The number of hydrogen-bond donors (Lipinski definition) is 0. The normalized spacial score (nSPS) is 32.0. The van der Waals surface area contributed by atoms with Gasteiger partial charge in [-0.05, 0) is 44.1 Å². The van der Waals surface area contributed by atoms with E-state index in [4.69, 9.17) is 4.74 Å². The van der Waals surface area contributed by atoms with Crippen LogP contribution in [0.25, 0.3) is 0 Å². The van der Waals surface area contributed by atoms with Crippen LogP contribution in [0.15, 0.2) is 11.1 Å². The molecule has 134 valence electrons. The van der Waals surface area contributed by atoms with Crippen molar-refractivity contribution in [3.8, 4) is 0 Å². The fourth-order valence-corrected chi connectivity index (χ4v) is 5.55. The molecule has 0 spiro atoms. The van der Waals surface area contributed by atoms with Gasteiger partial charge < -0.3 is 33.2 Å². The van der Waals surface area contributed by atoms with Crippen molar-refractivity contribution in [2.24, 2.45) is 11.3 Å². The summed E-state index contributed by atoms with van der Waals surface area (Å²) < 4.78 is 7.82. The first kappa shape index (κ1) is 19.7. The van der Waals surface area contributed by atoms with E-state index in [0.29, 0.717) is 12.2 Å². The van der Waals surface area contributed by atoms with Gasteiger partial charge in [0, 0.05) is 11.3 Å². The second-order valence-corrected chi connectivity index (χ2v) is 9.64. The quantitative estimate of drug-likeness (QED) is 0.373. The summed E-state index contributed by atoms with van der Waals surface area (Å²) in [5, 5.41) is 0. The Bertz CT molecular complexity index is 449. The Morgan fingerprint density at radius 1 is 0.957 bits per heavy atom. The molecule has 0 aromatic carbocycles. The van der Waals surface area contributed by atoms with Gasteiger partial charge in [-0.25, -0.2) is 0 Å². The molecule has 0 saturated heterocycles. The smallest absolute Gasteiger partial charge is 0.0896 e. The van der Waals surface area contributed by atoms with Crippen molar-refractivity contribution in [3.05, 3.63) is 11.1 Å². The van der Waals surface area contributed by atoms with Gasteiger partial charge in [0.2, 0.25) is 0 Å². The SMILES string of the molecule is CC(C)(C[N+](C)(C)C)C1OC2CCCCC2C2=C1CCCC2.[I-]. The molecule has 0 aromatic rings. The minimum atomic E-state index is 0. The van der Waals surface area contributed by atoms with Crippen molar-refractivity contribution in [3.63, 3.8) is 0 Å². The predicted molar refractivity (Wildman–Crippen MR) is 92.8 cm³/mol. The maximum Gasteiger partial charge on any atom is 0.0896 e. The Hall–Kier alpha value is 0.390. The highest BCUT2D eigenvalue weighted by molar-refractivity contribution is 5.29. The third-order valence-corrected chi connectivity index (χ3v) is 5.92. The lowest BCUT2D eigenvalue weighted by Crippen LogP contribution is -3.00. The molecule has 3 aliphatic rings. The highest BCUT2D eigenvalue weighted by Crippen LogP contribution is 2.49. The van der Waals surface area contributed by atoms with Crippen molar-refractivity contribution < 1.29 is 33.2 Å². The van der Waals surface area contributed by atoms with Crippen LogP contribution in [-0.4, -0.2) is 44.4 Å². The Kier molecular flexibility index (Phi) is 6.28. The first-order valence-corrected chi connectivity index (χ1v) is 9.46. The predicted octanol–water partition coefficient (Wildman–Crippen LogP) is 1.55. The topological polar surface area (TPSA) is 9.23 Å². The van der Waals surface area contributed by atoms with E-state index in [1.165, 1.54) is 57.9 Å². The minimum Gasteiger partial charge on any atom is -1.00 e. The fourth-order valence-electron chi connectivity index (χ4n) is 5.55. The van der Waals surface area contributed by atoms with Gasteiger partial charge in [-0.2, -0.15) is 0 Å². The molecule has 3 heteroatoms. The van der Waals surface area contributed by atoms with Gasteiger partial charge in [-0.15, -0.1) is 0 Å². The lowest BCUT2D eigenvalue weighted by atomic mass is 9.68. The summed E-state index contributed by atoms with van der Waals surface area (Å²) in [5.41, 5.74) is 3.77. The number of rotatable bonds is 3. The number of ether oxygens (including phenoxy) is 1. The molecule has 0 amide bonds. The molecule has 3 rings (SSSR count). The first-order chi connectivity index (χ1) is 10.3. The first-order valence-electron chi connectivity index (χ1n) is 9.46. The molecular weight excluding hydrogens is 397 g/mol. The van der Waals surface area contributed by atoms with E-state index in [1.54, 1.807) is 5.57 Å². The third-order valence-electron chi connectivity index (χ3n) is 5.92. The Morgan fingerprint density at radius 3 is 2.22 bits per heavy atom. The lowest BCUT2D eigenvalue weighted by Gasteiger charge is -2.50. The van der Waals surface area contributed by atoms with Gasteiger partial charge in [0.1, 0.15) is 0 Å². The minimum absolute atomic E-state index is 0. The summed E-state index contributed by atoms with van der Waals surface area (Å²) in [6.45, 7) is 6.04. The summed E-state index contributed by atoms with van der Waals surface area (Å²) >= 11 is 0. The van der Waals surface area contributed by atoms with Gasteiger partial charge in [0.25, 0.3) is 0 Å². The third kappa shape index (κ3) is 4.33. The van der Waals surface area contributed by atoms with E-state index in [0.717, 1.165) is 10.4 Å². The average molecular weight is 433 g/mol. The van der Waals surface area contributed by atoms with Crippen molar-refractivity contribution in [1.29, 1.82) is 0 Å². The molecule has 3 unspecified atom stereocenters. The second-order valence-electron chi connectivity index (χ2n) is 9.64. The average Bonchev–Trinajstić information content (AvgIpc) is 2.44. The molecule has 0 radical (unpaired) electrons. The second kappa shape index (κ2) is 7.33. The molecule has 0 bridgehead atoms. The Morgan fingerprint density at radius 2 is 1.57 bits per heavy atom. The zero-order chi connectivity index (χ0) is 16.0. The van der Waals surface area contributed by atoms with E-state index in [1.807, 2.05) is 5.57 Å². The summed E-state index contributed by atoms with van der Waals surface area (Å²) in [6.07, 6.45) is 11.8. The van der Waals surface area contributed by atoms with E-state index < -0.39 is 0 Å². The van der Waals surface area contributed by atoms with Crippen LogP contribution in [0.3, 0.4) is 0 Å². The Balaban J connectivity index is 0.00000192. The van der Waals surface area contributed by atoms with Crippen LogP contribution in [0.1, 0.15) is 65.2 Å². The summed E-state index contributed by atoms with van der Waals surface area (Å²) in [4.78, 5) is 0. The summed E-state index contributed by atoms with van der Waals surface area (Å²) in [6, 6.07) is 0. The van der Waals surface area contributed by atoms with Crippen LogP contribution in [-0.2, 0) is 4.74 Å². The zero-order valence-corrected chi connectivity index (χ0v) is 18.0. The summed E-state index contributed by atoms with van der Waals surface area (Å²) in [5.74, 6) is 0.764. The van der Waals surface area contributed by atoms with Gasteiger partial charge >= 0.3 is 0 Å². The van der Waals surface area contributed by atoms with Gasteiger partial charge in [-0.1, -0.05) is 32.3 Å². The monoisotopic (exact) mass is 433 g/mol. The lowest BCUT2D eigenvalue weighted by molar-refractivity contribution is -0.877. The number of nitrogens with zero attached hydrogens (tertiary/aromatic N) is 1. The molecule has 3 atom stereocenters. The van der Waals surface area contributed by atoms with E-state index >= 15 is 0 Å². The largest absolute Gasteiger partial charge is 1.00 e. The van der Waals surface area contributed by atoms with Crippen LogP contribution in [0.2, 0.25) is 0 Å². The van der Waals surface area contributed by atoms with Gasteiger partial charge in [0.05, 0.1) is 39.9 Å². The molecule has 2 nitrogen and oxygen atoms in total. The molecule has 1 fully saturated rings. The van der Waals surface area contributed by atoms with E-state index in [2.05, 4.69) is 35.0 Å². The van der Waals surface area contributed by atoms with Gasteiger partial charge in [-0.3, -0.25) is 0 Å². The molecule has 1 saturated carbocycles. The van der Waals surface area contributed by atoms with Crippen LogP contribution in [0, 0.1) is 11.3 Å². The molecule has 23 heavy (non-hydrogen) atoms. The fraction of sp³-hybridized carbons (Fsp3) is 0.900. The van der Waals surface area contributed by atoms with E-state index in [-0.39, 0.29) is 29.4 Å². The molecular formula is C20H36INO. The molecule has 1 heterocycles. The standard InChI is InChI=1S/C20H36NO.HI/c1-20(2,14-21(3,4)5)19-17-12-7-6-10-15(17)16-11-8-9-13-18(16)22-19;/h16,18-19H,6-14H2,1-5H3;1H/q+1;/p-1. The van der Waals surface area contributed by atoms with Crippen molar-refractivity contribution >= 4 is 0 Å². The molecule has 2 aliphatic carbocycles. The Labute approximate surface area is 160 Å². The molecule has 0 aromatic heterocycles. The zero-order valence-electron chi connectivity index (χ0n) is 15.8.